The molecule has 0 aromatic heterocycles. The van der Waals surface area contributed by atoms with Gasteiger partial charge in [-0.05, 0) is 77.7 Å². The average Bonchev–Trinajstić information content (AvgIpc) is 3.14. The number of hydrogen-bond acceptors (Lipinski definition) is 2. The van der Waals surface area contributed by atoms with Crippen molar-refractivity contribution in [1.29, 1.82) is 0 Å². The summed E-state index contributed by atoms with van der Waals surface area (Å²) in [6.45, 7) is 26.9. The molecule has 2 nitrogen and oxygen atoms in total. The second-order valence-electron chi connectivity index (χ2n) is 17.7. The molecule has 0 amide bonds. The number of hydrogen-bond donors (Lipinski definition) is 0. The largest absolute Gasteiger partial charge is 0.494 e. The van der Waals surface area contributed by atoms with Crippen LogP contribution in [0.25, 0.3) is 0 Å². The molecule has 4 heteroatoms. The lowest BCUT2D eigenvalue weighted by Gasteiger charge is -2.38. The summed E-state index contributed by atoms with van der Waals surface area (Å²) in [6, 6.07) is 12.4. The van der Waals surface area contributed by atoms with Crippen LogP contribution in [0, 0.1) is 46.6 Å². The van der Waals surface area contributed by atoms with Crippen molar-refractivity contribution in [2.45, 2.75) is 194 Å². The van der Waals surface area contributed by atoms with E-state index in [2.05, 4.69) is 140 Å². The van der Waals surface area contributed by atoms with Crippen molar-refractivity contribution < 1.29 is 9.47 Å². The van der Waals surface area contributed by atoms with E-state index < -0.39 is 16.1 Å². The number of unbranched alkanes of at least 4 members (excludes halogenated alkanes) is 14. The van der Waals surface area contributed by atoms with Gasteiger partial charge in [-0.3, -0.25) is 0 Å². The highest BCUT2D eigenvalue weighted by molar-refractivity contribution is 6.90. The van der Waals surface area contributed by atoms with Gasteiger partial charge in [-0.25, -0.2) is 0 Å². The van der Waals surface area contributed by atoms with Crippen LogP contribution in [0.4, 0.5) is 0 Å². The molecule has 0 aliphatic rings. The highest BCUT2D eigenvalue weighted by atomic mass is 28.3. The first-order chi connectivity index (χ1) is 26.8. The number of benzene rings is 2. The molecule has 2 aromatic rings. The van der Waals surface area contributed by atoms with E-state index >= 15 is 0 Å². The fourth-order valence-electron chi connectivity index (χ4n) is 7.57. The Morgan fingerprint density at radius 2 is 1.02 bits per heavy atom. The molecule has 2 rings (SSSR count). The maximum Gasteiger partial charge on any atom is 0.146 e. The van der Waals surface area contributed by atoms with Gasteiger partial charge in [0, 0.05) is 16.7 Å². The Morgan fingerprint density at radius 1 is 0.482 bits per heavy atom. The highest BCUT2D eigenvalue weighted by Gasteiger charge is 2.41. The lowest BCUT2D eigenvalue weighted by molar-refractivity contribution is 0.303. The summed E-state index contributed by atoms with van der Waals surface area (Å²) in [5.74, 6) is 21.9. The fourth-order valence-corrected chi connectivity index (χ4v) is 13.2. The van der Waals surface area contributed by atoms with Gasteiger partial charge in [0.2, 0.25) is 0 Å². The zero-order valence-electron chi connectivity index (χ0n) is 37.7. The van der Waals surface area contributed by atoms with E-state index in [9.17, 15) is 0 Å². The minimum Gasteiger partial charge on any atom is -0.494 e. The molecule has 0 bridgehead atoms. The van der Waals surface area contributed by atoms with Crippen LogP contribution in [-0.4, -0.2) is 29.4 Å². The second-order valence-corrected chi connectivity index (χ2v) is 28.0. The zero-order chi connectivity index (χ0) is 41.2. The summed E-state index contributed by atoms with van der Waals surface area (Å²) >= 11 is 0. The van der Waals surface area contributed by atoms with E-state index in [0.717, 1.165) is 46.6 Å². The van der Waals surface area contributed by atoms with Gasteiger partial charge >= 0.3 is 0 Å². The molecule has 0 aliphatic heterocycles. The van der Waals surface area contributed by atoms with Crippen molar-refractivity contribution in [3.05, 3.63) is 58.7 Å². The van der Waals surface area contributed by atoms with Crippen molar-refractivity contribution in [2.75, 3.05) is 13.2 Å². The highest BCUT2D eigenvalue weighted by Crippen LogP contribution is 2.41. The Bertz CT molecular complexity index is 1660. The first-order valence-electron chi connectivity index (χ1n) is 22.5. The van der Waals surface area contributed by atoms with Crippen LogP contribution in [0.2, 0.25) is 36.3 Å². The normalized spacial score (nSPS) is 11.2. The van der Waals surface area contributed by atoms with Crippen LogP contribution in [0.1, 0.15) is 180 Å². The minimum atomic E-state index is -1.94. The molecular weight excluding hydrogens is 713 g/mol. The van der Waals surface area contributed by atoms with E-state index in [0.29, 0.717) is 29.8 Å². The Labute approximate surface area is 348 Å². The van der Waals surface area contributed by atoms with Gasteiger partial charge < -0.3 is 9.47 Å². The summed E-state index contributed by atoms with van der Waals surface area (Å²) in [4.78, 5) is 0. The number of rotatable bonds is 23. The summed E-state index contributed by atoms with van der Waals surface area (Å²) in [5, 5.41) is 0. The molecule has 56 heavy (non-hydrogen) atoms. The van der Waals surface area contributed by atoms with Crippen LogP contribution in [0.3, 0.4) is 0 Å². The standard InChI is InChI=1S/C52H78O2Si2/c1-12-14-16-18-20-22-24-27-38-53-51-35-34-48(49(43-51)30-26-29-40-55(9,10)11)33-31-47-32-36-52(54-39-28-25-23-21-19-17-15-13-2)50(42-47)37-41-56(44(3)4,45(5)6)46(7)8/h32,34-36,42-46H,12-25,27-28,38-39H2,1-11H3. The maximum atomic E-state index is 6.45. The average molecular weight is 791 g/mol. The Balaban J connectivity index is 2.39. The quantitative estimate of drug-likeness (QED) is 0.0634. The van der Waals surface area contributed by atoms with E-state index in [1.165, 1.54) is 89.9 Å². The Hall–Kier alpha value is -3.29. The molecule has 0 saturated heterocycles. The molecule has 0 N–H and O–H groups in total. The Kier molecular flexibility index (Phi) is 23.9. The third-order valence-electron chi connectivity index (χ3n) is 10.8. The maximum absolute atomic E-state index is 6.45. The molecule has 0 saturated carbocycles. The minimum absolute atomic E-state index is 0.557. The third kappa shape index (κ3) is 18.8. The second kappa shape index (κ2) is 27.4. The monoisotopic (exact) mass is 791 g/mol. The van der Waals surface area contributed by atoms with Crippen LogP contribution in [0.5, 0.6) is 11.5 Å². The van der Waals surface area contributed by atoms with Gasteiger partial charge in [-0.15, -0.1) is 11.1 Å². The van der Waals surface area contributed by atoms with Gasteiger partial charge in [0.1, 0.15) is 27.6 Å². The SMILES string of the molecule is CCCCCCCCCCOc1ccc(C#Cc2ccc(OCCCCCCCCCC)c(C#C[Si](C(C)C)(C(C)C)C(C)C)c2)c(C#CC#C[Si](C)(C)C)c1. The molecule has 2 aromatic carbocycles. The molecule has 0 spiro atoms. The van der Waals surface area contributed by atoms with Gasteiger partial charge in [-0.1, -0.05) is 189 Å². The van der Waals surface area contributed by atoms with Gasteiger partial charge in [0.25, 0.3) is 0 Å². The van der Waals surface area contributed by atoms with E-state index in [4.69, 9.17) is 9.47 Å². The molecular formula is C52H78O2Si2. The van der Waals surface area contributed by atoms with Crippen LogP contribution < -0.4 is 9.47 Å². The predicted molar refractivity (Wildman–Crippen MR) is 251 cm³/mol. The van der Waals surface area contributed by atoms with Crippen LogP contribution in [0.15, 0.2) is 36.4 Å². The summed E-state index contributed by atoms with van der Waals surface area (Å²) < 4.78 is 12.7. The van der Waals surface area contributed by atoms with Crippen LogP contribution >= 0.6 is 0 Å². The molecule has 0 fully saturated rings. The zero-order valence-corrected chi connectivity index (χ0v) is 39.7. The van der Waals surface area contributed by atoms with E-state index in [-0.39, 0.29) is 0 Å². The lowest BCUT2D eigenvalue weighted by atomic mass is 10.1. The molecule has 0 unspecified atom stereocenters. The van der Waals surface area contributed by atoms with Gasteiger partial charge in [0.15, 0.2) is 0 Å². The smallest absolute Gasteiger partial charge is 0.146 e. The predicted octanol–water partition coefficient (Wildman–Crippen LogP) is 14.9. The van der Waals surface area contributed by atoms with E-state index in [1.807, 2.05) is 18.2 Å². The van der Waals surface area contributed by atoms with Crippen molar-refractivity contribution in [3.8, 4) is 58.1 Å². The molecule has 0 aliphatic carbocycles. The Morgan fingerprint density at radius 3 is 1.55 bits per heavy atom. The fraction of sp³-hybridized carbons (Fsp3) is 0.615. The van der Waals surface area contributed by atoms with Crippen molar-refractivity contribution >= 4 is 16.1 Å². The summed E-state index contributed by atoms with van der Waals surface area (Å²) in [6.07, 6.45) is 20.5. The molecule has 0 atom stereocenters. The molecule has 306 valence electrons. The molecule has 0 radical (unpaired) electrons. The van der Waals surface area contributed by atoms with Crippen molar-refractivity contribution in [2.24, 2.45) is 0 Å². The summed E-state index contributed by atoms with van der Waals surface area (Å²) in [7, 11) is -3.46. The first kappa shape index (κ1) is 48.9. The first-order valence-corrected chi connectivity index (χ1v) is 28.2. The van der Waals surface area contributed by atoms with Crippen molar-refractivity contribution in [1.82, 2.24) is 0 Å². The third-order valence-corrected chi connectivity index (χ3v) is 18.0. The van der Waals surface area contributed by atoms with E-state index in [1.54, 1.807) is 0 Å². The van der Waals surface area contributed by atoms with Gasteiger partial charge in [0.05, 0.1) is 18.8 Å². The van der Waals surface area contributed by atoms with Gasteiger partial charge in [-0.2, -0.15) is 0 Å². The van der Waals surface area contributed by atoms with Crippen molar-refractivity contribution in [3.63, 3.8) is 0 Å². The van der Waals surface area contributed by atoms with Crippen LogP contribution in [-0.2, 0) is 0 Å². The summed E-state index contributed by atoms with van der Waals surface area (Å²) in [5.41, 5.74) is 12.6. The topological polar surface area (TPSA) is 18.5 Å². The molecule has 0 heterocycles. The number of ether oxygens (including phenoxy) is 2. The lowest BCUT2D eigenvalue weighted by Crippen LogP contribution is -2.43.